The van der Waals surface area contributed by atoms with E-state index < -0.39 is 11.7 Å². The number of alkyl halides is 3. The van der Waals surface area contributed by atoms with Crippen molar-refractivity contribution in [1.29, 1.82) is 0 Å². The SMILES string of the molecule is CCOc1ncccc1CNC(=NC)NCCc1ccc(C(F)(F)F)cc1. The number of hydrogen-bond acceptors (Lipinski definition) is 3. The molecule has 0 spiro atoms. The van der Waals surface area contributed by atoms with E-state index in [9.17, 15) is 13.2 Å². The third-order valence-electron chi connectivity index (χ3n) is 3.79. The molecule has 0 radical (unpaired) electrons. The van der Waals surface area contributed by atoms with Crippen molar-refractivity contribution in [2.24, 2.45) is 4.99 Å². The molecule has 0 atom stereocenters. The Kier molecular flexibility index (Phi) is 7.45. The molecule has 8 heteroatoms. The molecule has 5 nitrogen and oxygen atoms in total. The maximum Gasteiger partial charge on any atom is 0.416 e. The number of guanidine groups is 1. The first-order valence-corrected chi connectivity index (χ1v) is 8.61. The lowest BCUT2D eigenvalue weighted by Crippen LogP contribution is -2.38. The Hall–Kier alpha value is -2.77. The van der Waals surface area contributed by atoms with E-state index in [1.807, 2.05) is 19.1 Å². The van der Waals surface area contributed by atoms with E-state index in [2.05, 4.69) is 20.6 Å². The van der Waals surface area contributed by atoms with Crippen LogP contribution in [-0.4, -0.2) is 31.1 Å². The van der Waals surface area contributed by atoms with Gasteiger partial charge in [-0.25, -0.2) is 4.98 Å². The summed E-state index contributed by atoms with van der Waals surface area (Å²) < 4.78 is 43.2. The standard InChI is InChI=1S/C19H23F3N4O/c1-3-27-17-15(5-4-11-24-17)13-26-18(23-2)25-12-10-14-6-8-16(9-7-14)19(20,21)22/h4-9,11H,3,10,12-13H2,1-2H3,(H2,23,25,26). The van der Waals surface area contributed by atoms with Gasteiger partial charge in [0.1, 0.15) is 0 Å². The highest BCUT2D eigenvalue weighted by Gasteiger charge is 2.29. The minimum Gasteiger partial charge on any atom is -0.478 e. The van der Waals surface area contributed by atoms with Crippen LogP contribution in [0.15, 0.2) is 47.6 Å². The third kappa shape index (κ3) is 6.47. The molecule has 0 bridgehead atoms. The first-order chi connectivity index (χ1) is 12.9. The molecule has 2 aromatic rings. The highest BCUT2D eigenvalue weighted by atomic mass is 19.4. The number of hydrogen-bond donors (Lipinski definition) is 2. The summed E-state index contributed by atoms with van der Waals surface area (Å²) in [4.78, 5) is 8.34. The smallest absolute Gasteiger partial charge is 0.416 e. The summed E-state index contributed by atoms with van der Waals surface area (Å²) in [5.74, 6) is 1.17. The first-order valence-electron chi connectivity index (χ1n) is 8.61. The zero-order chi connectivity index (χ0) is 19.7. The molecule has 1 heterocycles. The molecule has 2 N–H and O–H groups in total. The number of pyridine rings is 1. The van der Waals surface area contributed by atoms with E-state index in [1.165, 1.54) is 12.1 Å². The van der Waals surface area contributed by atoms with Crippen LogP contribution >= 0.6 is 0 Å². The van der Waals surface area contributed by atoms with E-state index in [4.69, 9.17) is 4.74 Å². The predicted molar refractivity (Wildman–Crippen MR) is 98.8 cm³/mol. The molecule has 0 aliphatic heterocycles. The van der Waals surface area contributed by atoms with Crippen molar-refractivity contribution in [3.63, 3.8) is 0 Å². The molecule has 1 aromatic heterocycles. The normalized spacial score (nSPS) is 12.0. The van der Waals surface area contributed by atoms with Crippen molar-refractivity contribution in [1.82, 2.24) is 15.6 Å². The van der Waals surface area contributed by atoms with Gasteiger partial charge in [-0.1, -0.05) is 18.2 Å². The number of nitrogens with zero attached hydrogens (tertiary/aromatic N) is 2. The van der Waals surface area contributed by atoms with E-state index in [1.54, 1.807) is 13.2 Å². The Morgan fingerprint density at radius 1 is 1.15 bits per heavy atom. The van der Waals surface area contributed by atoms with Crippen LogP contribution in [0.4, 0.5) is 13.2 Å². The van der Waals surface area contributed by atoms with Crippen LogP contribution < -0.4 is 15.4 Å². The second kappa shape index (κ2) is 9.80. The third-order valence-corrected chi connectivity index (χ3v) is 3.79. The topological polar surface area (TPSA) is 58.5 Å². The molecule has 0 saturated carbocycles. The molecule has 1 aromatic carbocycles. The monoisotopic (exact) mass is 380 g/mol. The lowest BCUT2D eigenvalue weighted by molar-refractivity contribution is -0.137. The molecule has 0 amide bonds. The Morgan fingerprint density at radius 3 is 2.52 bits per heavy atom. The lowest BCUT2D eigenvalue weighted by atomic mass is 10.1. The fourth-order valence-electron chi connectivity index (χ4n) is 2.41. The number of rotatable bonds is 7. The van der Waals surface area contributed by atoms with Crippen molar-refractivity contribution < 1.29 is 17.9 Å². The molecular formula is C19H23F3N4O. The van der Waals surface area contributed by atoms with Gasteiger partial charge >= 0.3 is 6.18 Å². The Labute approximate surface area is 156 Å². The molecule has 0 unspecified atom stereocenters. The number of benzene rings is 1. The Balaban J connectivity index is 1.82. The largest absolute Gasteiger partial charge is 0.478 e. The van der Waals surface area contributed by atoms with Crippen LogP contribution in [0.5, 0.6) is 5.88 Å². The second-order valence-electron chi connectivity index (χ2n) is 5.70. The number of aromatic nitrogens is 1. The van der Waals surface area contributed by atoms with Gasteiger partial charge < -0.3 is 15.4 Å². The van der Waals surface area contributed by atoms with Gasteiger partial charge in [0.05, 0.1) is 12.2 Å². The molecule has 27 heavy (non-hydrogen) atoms. The number of aliphatic imine (C=N–C) groups is 1. The van der Waals surface area contributed by atoms with E-state index in [0.29, 0.717) is 38.0 Å². The second-order valence-corrected chi connectivity index (χ2v) is 5.70. The highest BCUT2D eigenvalue weighted by molar-refractivity contribution is 5.79. The van der Waals surface area contributed by atoms with Crippen LogP contribution in [-0.2, 0) is 19.1 Å². The zero-order valence-corrected chi connectivity index (χ0v) is 15.3. The van der Waals surface area contributed by atoms with E-state index >= 15 is 0 Å². The van der Waals surface area contributed by atoms with Crippen molar-refractivity contribution in [2.75, 3.05) is 20.2 Å². The predicted octanol–water partition coefficient (Wildman–Crippen LogP) is 3.41. The lowest BCUT2D eigenvalue weighted by Gasteiger charge is -2.14. The minimum absolute atomic E-state index is 0.489. The molecule has 0 fully saturated rings. The van der Waals surface area contributed by atoms with Gasteiger partial charge in [-0.2, -0.15) is 13.2 Å². The summed E-state index contributed by atoms with van der Waals surface area (Å²) in [6.07, 6.45) is -2.06. The zero-order valence-electron chi connectivity index (χ0n) is 15.3. The molecule has 0 saturated heterocycles. The van der Waals surface area contributed by atoms with Gasteiger partial charge in [0.2, 0.25) is 5.88 Å². The number of halogens is 3. The van der Waals surface area contributed by atoms with Crippen LogP contribution in [0.1, 0.15) is 23.6 Å². The number of nitrogens with one attached hydrogen (secondary N) is 2. The van der Waals surface area contributed by atoms with Gasteiger partial charge in [-0.05, 0) is 37.1 Å². The summed E-state index contributed by atoms with van der Waals surface area (Å²) in [5.41, 5.74) is 1.08. The summed E-state index contributed by atoms with van der Waals surface area (Å²) in [7, 11) is 1.65. The van der Waals surface area contributed by atoms with Gasteiger partial charge in [0.25, 0.3) is 0 Å². The number of ether oxygens (including phenoxy) is 1. The van der Waals surface area contributed by atoms with Crippen LogP contribution in [0.25, 0.3) is 0 Å². The summed E-state index contributed by atoms with van der Waals surface area (Å²) in [5, 5.41) is 6.31. The van der Waals surface area contributed by atoms with Crippen molar-refractivity contribution >= 4 is 5.96 Å². The Morgan fingerprint density at radius 2 is 1.89 bits per heavy atom. The van der Waals surface area contributed by atoms with Gasteiger partial charge in [-0.3, -0.25) is 4.99 Å². The van der Waals surface area contributed by atoms with Crippen molar-refractivity contribution in [3.05, 3.63) is 59.3 Å². The fourth-order valence-corrected chi connectivity index (χ4v) is 2.41. The highest BCUT2D eigenvalue weighted by Crippen LogP contribution is 2.29. The van der Waals surface area contributed by atoms with Gasteiger partial charge in [0, 0.05) is 31.9 Å². The average Bonchev–Trinajstić information content (AvgIpc) is 2.65. The molecular weight excluding hydrogens is 357 g/mol. The van der Waals surface area contributed by atoms with Crippen molar-refractivity contribution in [2.45, 2.75) is 26.1 Å². The molecule has 0 aliphatic carbocycles. The van der Waals surface area contributed by atoms with Crippen LogP contribution in [0.3, 0.4) is 0 Å². The van der Waals surface area contributed by atoms with Crippen molar-refractivity contribution in [3.8, 4) is 5.88 Å². The van der Waals surface area contributed by atoms with Gasteiger partial charge in [0.15, 0.2) is 5.96 Å². The van der Waals surface area contributed by atoms with E-state index in [-0.39, 0.29) is 0 Å². The quantitative estimate of drug-likeness (QED) is 0.571. The maximum absolute atomic E-state index is 12.6. The minimum atomic E-state index is -4.31. The first kappa shape index (κ1) is 20.5. The summed E-state index contributed by atoms with van der Waals surface area (Å²) in [6.45, 7) is 3.46. The fraction of sp³-hybridized carbons (Fsp3) is 0.368. The van der Waals surface area contributed by atoms with Gasteiger partial charge in [-0.15, -0.1) is 0 Å². The summed E-state index contributed by atoms with van der Waals surface area (Å²) >= 11 is 0. The molecule has 146 valence electrons. The van der Waals surface area contributed by atoms with Crippen LogP contribution in [0.2, 0.25) is 0 Å². The average molecular weight is 380 g/mol. The maximum atomic E-state index is 12.6. The molecule has 2 rings (SSSR count). The molecule has 0 aliphatic rings. The van der Waals surface area contributed by atoms with Crippen LogP contribution in [0, 0.1) is 0 Å². The Bertz CT molecular complexity index is 745. The summed E-state index contributed by atoms with van der Waals surface area (Å²) in [6, 6.07) is 8.93. The van der Waals surface area contributed by atoms with E-state index in [0.717, 1.165) is 23.3 Å².